The van der Waals surface area contributed by atoms with Crippen molar-refractivity contribution in [3.8, 4) is 5.75 Å². The molecule has 0 aliphatic carbocycles. The molecular formula is C14H20O3. The predicted octanol–water partition coefficient (Wildman–Crippen LogP) is 2.81. The molecule has 3 heteroatoms. The van der Waals surface area contributed by atoms with Crippen LogP contribution in [0.5, 0.6) is 5.75 Å². The molecule has 94 valence electrons. The summed E-state index contributed by atoms with van der Waals surface area (Å²) in [4.78, 5) is 11.3. The lowest BCUT2D eigenvalue weighted by atomic mass is 9.99. The highest BCUT2D eigenvalue weighted by Crippen LogP contribution is 2.23. The van der Waals surface area contributed by atoms with Gasteiger partial charge in [-0.1, -0.05) is 0 Å². The molecular weight excluding hydrogens is 216 g/mol. The number of esters is 1. The fourth-order valence-electron chi connectivity index (χ4n) is 1.79. The first-order chi connectivity index (χ1) is 7.93. The molecule has 0 bridgehead atoms. The maximum atomic E-state index is 11.3. The van der Waals surface area contributed by atoms with Crippen LogP contribution in [0.15, 0.2) is 12.1 Å². The molecule has 0 aliphatic heterocycles. The van der Waals surface area contributed by atoms with Crippen molar-refractivity contribution in [3.63, 3.8) is 0 Å². The molecule has 3 nitrogen and oxygen atoms in total. The van der Waals surface area contributed by atoms with Gasteiger partial charge < -0.3 is 9.47 Å². The summed E-state index contributed by atoms with van der Waals surface area (Å²) in [5.74, 6) is 0.636. The number of benzene rings is 1. The maximum absolute atomic E-state index is 11.3. The Bertz CT molecular complexity index is 385. The van der Waals surface area contributed by atoms with E-state index in [0.29, 0.717) is 6.42 Å². The van der Waals surface area contributed by atoms with Crippen LogP contribution in [-0.2, 0) is 16.0 Å². The lowest BCUT2D eigenvalue weighted by Gasteiger charge is -2.14. The van der Waals surface area contributed by atoms with Gasteiger partial charge in [-0.25, -0.2) is 0 Å². The van der Waals surface area contributed by atoms with Crippen LogP contribution in [0.1, 0.15) is 30.5 Å². The van der Waals surface area contributed by atoms with Crippen LogP contribution in [0.3, 0.4) is 0 Å². The Morgan fingerprint density at radius 1 is 1.24 bits per heavy atom. The molecule has 0 amide bonds. The van der Waals surface area contributed by atoms with Gasteiger partial charge in [-0.2, -0.15) is 0 Å². The van der Waals surface area contributed by atoms with E-state index in [1.54, 1.807) is 0 Å². The van der Waals surface area contributed by atoms with E-state index in [1.807, 2.05) is 39.8 Å². The number of aryl methyl sites for hydroxylation is 2. The van der Waals surface area contributed by atoms with E-state index in [4.69, 9.17) is 4.74 Å². The minimum atomic E-state index is -0.214. The highest BCUT2D eigenvalue weighted by Gasteiger charge is 2.11. The summed E-state index contributed by atoms with van der Waals surface area (Å²) < 4.78 is 10.3. The highest BCUT2D eigenvalue weighted by atomic mass is 16.5. The SMILES string of the molecule is COC(=O)Cc1c(C)cc(OC(C)C)cc1C. The molecule has 0 aromatic heterocycles. The molecule has 0 spiro atoms. The summed E-state index contributed by atoms with van der Waals surface area (Å²) in [7, 11) is 1.41. The van der Waals surface area contributed by atoms with Crippen molar-refractivity contribution in [2.24, 2.45) is 0 Å². The van der Waals surface area contributed by atoms with Gasteiger partial charge in [0.15, 0.2) is 0 Å². The van der Waals surface area contributed by atoms with Crippen LogP contribution >= 0.6 is 0 Å². The fraction of sp³-hybridized carbons (Fsp3) is 0.500. The van der Waals surface area contributed by atoms with Crippen LogP contribution in [-0.4, -0.2) is 19.2 Å². The Kier molecular flexibility index (Phi) is 4.55. The smallest absolute Gasteiger partial charge is 0.309 e. The quantitative estimate of drug-likeness (QED) is 0.754. The molecule has 0 saturated heterocycles. The Labute approximate surface area is 103 Å². The first kappa shape index (κ1) is 13.6. The van der Waals surface area contributed by atoms with Gasteiger partial charge in [0.05, 0.1) is 19.6 Å². The van der Waals surface area contributed by atoms with Gasteiger partial charge in [-0.05, 0) is 56.5 Å². The average Bonchev–Trinajstić information content (AvgIpc) is 2.22. The van der Waals surface area contributed by atoms with Crippen molar-refractivity contribution < 1.29 is 14.3 Å². The average molecular weight is 236 g/mol. The molecule has 1 aromatic rings. The predicted molar refractivity (Wildman–Crippen MR) is 67.4 cm³/mol. The minimum Gasteiger partial charge on any atom is -0.491 e. The van der Waals surface area contributed by atoms with Crippen LogP contribution < -0.4 is 4.74 Å². The first-order valence-electron chi connectivity index (χ1n) is 5.77. The summed E-state index contributed by atoms with van der Waals surface area (Å²) in [6.45, 7) is 7.96. The zero-order valence-electron chi connectivity index (χ0n) is 11.2. The number of carbonyl (C=O) groups excluding carboxylic acids is 1. The van der Waals surface area contributed by atoms with Crippen LogP contribution in [0.25, 0.3) is 0 Å². The second kappa shape index (κ2) is 5.71. The van der Waals surface area contributed by atoms with Crippen LogP contribution in [0.4, 0.5) is 0 Å². The molecule has 0 radical (unpaired) electrons. The van der Waals surface area contributed by atoms with Crippen molar-refractivity contribution in [1.29, 1.82) is 0 Å². The van der Waals surface area contributed by atoms with E-state index < -0.39 is 0 Å². The number of hydrogen-bond acceptors (Lipinski definition) is 3. The van der Waals surface area contributed by atoms with Gasteiger partial charge in [0.1, 0.15) is 5.75 Å². The number of rotatable bonds is 4. The number of hydrogen-bond donors (Lipinski definition) is 0. The molecule has 0 atom stereocenters. The minimum absolute atomic E-state index is 0.153. The molecule has 1 aromatic carbocycles. The molecule has 0 heterocycles. The van der Waals surface area contributed by atoms with Crippen molar-refractivity contribution in [2.75, 3.05) is 7.11 Å². The van der Waals surface area contributed by atoms with Crippen molar-refractivity contribution in [1.82, 2.24) is 0 Å². The van der Waals surface area contributed by atoms with Gasteiger partial charge in [0, 0.05) is 0 Å². The van der Waals surface area contributed by atoms with E-state index in [0.717, 1.165) is 22.4 Å². The van der Waals surface area contributed by atoms with E-state index in [-0.39, 0.29) is 12.1 Å². The molecule has 0 fully saturated rings. The van der Waals surface area contributed by atoms with E-state index in [2.05, 4.69) is 4.74 Å². The summed E-state index contributed by atoms with van der Waals surface area (Å²) in [5.41, 5.74) is 3.14. The monoisotopic (exact) mass is 236 g/mol. The van der Waals surface area contributed by atoms with E-state index >= 15 is 0 Å². The van der Waals surface area contributed by atoms with Gasteiger partial charge in [-0.3, -0.25) is 4.79 Å². The molecule has 0 N–H and O–H groups in total. The van der Waals surface area contributed by atoms with E-state index in [1.165, 1.54) is 7.11 Å². The zero-order chi connectivity index (χ0) is 13.0. The third-order valence-corrected chi connectivity index (χ3v) is 2.59. The normalized spacial score (nSPS) is 10.5. The summed E-state index contributed by atoms with van der Waals surface area (Å²) >= 11 is 0. The molecule has 0 unspecified atom stereocenters. The Morgan fingerprint density at radius 3 is 2.18 bits per heavy atom. The lowest BCUT2D eigenvalue weighted by Crippen LogP contribution is -2.09. The summed E-state index contributed by atoms with van der Waals surface area (Å²) in [6, 6.07) is 3.93. The number of ether oxygens (including phenoxy) is 2. The topological polar surface area (TPSA) is 35.5 Å². The zero-order valence-corrected chi connectivity index (χ0v) is 11.2. The molecule has 17 heavy (non-hydrogen) atoms. The summed E-state index contributed by atoms with van der Waals surface area (Å²) in [6.07, 6.45) is 0.469. The third kappa shape index (κ3) is 3.77. The Morgan fingerprint density at radius 2 is 1.76 bits per heavy atom. The molecule has 1 rings (SSSR count). The molecule has 0 aliphatic rings. The maximum Gasteiger partial charge on any atom is 0.309 e. The second-order valence-electron chi connectivity index (χ2n) is 4.46. The Balaban J connectivity index is 2.98. The van der Waals surface area contributed by atoms with Crippen molar-refractivity contribution in [3.05, 3.63) is 28.8 Å². The van der Waals surface area contributed by atoms with Crippen molar-refractivity contribution >= 4 is 5.97 Å². The third-order valence-electron chi connectivity index (χ3n) is 2.59. The number of carbonyl (C=O) groups is 1. The number of methoxy groups -OCH3 is 1. The fourth-order valence-corrected chi connectivity index (χ4v) is 1.79. The van der Waals surface area contributed by atoms with E-state index in [9.17, 15) is 4.79 Å². The highest BCUT2D eigenvalue weighted by molar-refractivity contribution is 5.73. The van der Waals surface area contributed by atoms with Crippen LogP contribution in [0.2, 0.25) is 0 Å². The largest absolute Gasteiger partial charge is 0.491 e. The van der Waals surface area contributed by atoms with Gasteiger partial charge >= 0.3 is 5.97 Å². The van der Waals surface area contributed by atoms with Gasteiger partial charge in [0.2, 0.25) is 0 Å². The standard InChI is InChI=1S/C14H20O3/c1-9(2)17-12-6-10(3)13(11(4)7-12)8-14(15)16-5/h6-7,9H,8H2,1-5H3. The summed E-state index contributed by atoms with van der Waals surface area (Å²) in [5, 5.41) is 0. The lowest BCUT2D eigenvalue weighted by molar-refractivity contribution is -0.139. The second-order valence-corrected chi connectivity index (χ2v) is 4.46. The van der Waals surface area contributed by atoms with Crippen molar-refractivity contribution in [2.45, 2.75) is 40.2 Å². The Hall–Kier alpha value is -1.51. The van der Waals surface area contributed by atoms with Gasteiger partial charge in [0.25, 0.3) is 0 Å². The van der Waals surface area contributed by atoms with Crippen LogP contribution in [0, 0.1) is 13.8 Å². The molecule has 0 saturated carbocycles. The van der Waals surface area contributed by atoms with Gasteiger partial charge in [-0.15, -0.1) is 0 Å². The first-order valence-corrected chi connectivity index (χ1v) is 5.77.